The minimum absolute atomic E-state index is 0.345. The van der Waals surface area contributed by atoms with Crippen molar-refractivity contribution in [1.29, 1.82) is 0 Å². The lowest BCUT2D eigenvalue weighted by atomic mass is 9.83. The average molecular weight is 235 g/mol. The Bertz CT molecular complexity index is 348. The molecular formula is C14H25N3. The molecule has 0 aromatic carbocycles. The molecule has 0 amide bonds. The first-order valence-corrected chi connectivity index (χ1v) is 6.87. The summed E-state index contributed by atoms with van der Waals surface area (Å²) < 4.78 is 2.03. The van der Waals surface area contributed by atoms with Gasteiger partial charge < -0.3 is 5.32 Å². The van der Waals surface area contributed by atoms with Crippen LogP contribution in [0.3, 0.4) is 0 Å². The largest absolute Gasteiger partial charge is 0.307 e. The maximum atomic E-state index is 4.38. The lowest BCUT2D eigenvalue weighted by molar-refractivity contribution is 0.252. The van der Waals surface area contributed by atoms with Gasteiger partial charge in [-0.25, -0.2) is 0 Å². The van der Waals surface area contributed by atoms with E-state index in [1.807, 2.05) is 10.9 Å². The summed E-state index contributed by atoms with van der Waals surface area (Å²) in [6.45, 7) is 7.63. The second-order valence-corrected chi connectivity index (χ2v) is 5.90. The van der Waals surface area contributed by atoms with Crippen LogP contribution in [-0.2, 0) is 6.54 Å². The van der Waals surface area contributed by atoms with Crippen LogP contribution in [0.25, 0.3) is 0 Å². The SMILES string of the molecule is CC(C)n1cc(CNC2(C)CCCCC2)cn1. The van der Waals surface area contributed by atoms with Gasteiger partial charge in [0.25, 0.3) is 0 Å². The molecule has 17 heavy (non-hydrogen) atoms. The summed E-state index contributed by atoms with van der Waals surface area (Å²) in [7, 11) is 0. The van der Waals surface area contributed by atoms with Crippen molar-refractivity contribution < 1.29 is 0 Å². The van der Waals surface area contributed by atoms with Gasteiger partial charge in [-0.15, -0.1) is 0 Å². The van der Waals surface area contributed by atoms with Gasteiger partial charge in [0.1, 0.15) is 0 Å². The molecule has 3 nitrogen and oxygen atoms in total. The molecule has 0 bridgehead atoms. The number of hydrogen-bond donors (Lipinski definition) is 1. The fourth-order valence-electron chi connectivity index (χ4n) is 2.58. The summed E-state index contributed by atoms with van der Waals surface area (Å²) in [6.07, 6.45) is 10.9. The van der Waals surface area contributed by atoms with Gasteiger partial charge in [0.05, 0.1) is 6.20 Å². The molecule has 2 rings (SSSR count). The summed E-state index contributed by atoms with van der Waals surface area (Å²) in [4.78, 5) is 0. The molecule has 0 unspecified atom stereocenters. The van der Waals surface area contributed by atoms with Crippen LogP contribution in [0.15, 0.2) is 12.4 Å². The molecule has 1 aliphatic carbocycles. The van der Waals surface area contributed by atoms with E-state index in [0.717, 1.165) is 6.54 Å². The summed E-state index contributed by atoms with van der Waals surface area (Å²) in [5.41, 5.74) is 1.64. The first-order valence-electron chi connectivity index (χ1n) is 6.87. The van der Waals surface area contributed by atoms with Gasteiger partial charge in [0.15, 0.2) is 0 Å². The van der Waals surface area contributed by atoms with Crippen molar-refractivity contribution >= 4 is 0 Å². The summed E-state index contributed by atoms with van der Waals surface area (Å²) in [5, 5.41) is 8.09. The third kappa shape index (κ3) is 3.32. The molecule has 1 aromatic rings. The number of nitrogens with one attached hydrogen (secondary N) is 1. The third-order valence-corrected chi connectivity index (χ3v) is 3.86. The second-order valence-electron chi connectivity index (χ2n) is 5.90. The van der Waals surface area contributed by atoms with Gasteiger partial charge in [-0.1, -0.05) is 19.3 Å². The van der Waals surface area contributed by atoms with E-state index in [9.17, 15) is 0 Å². The van der Waals surface area contributed by atoms with E-state index in [1.54, 1.807) is 0 Å². The van der Waals surface area contributed by atoms with Gasteiger partial charge >= 0.3 is 0 Å². The first-order chi connectivity index (χ1) is 8.09. The highest BCUT2D eigenvalue weighted by Gasteiger charge is 2.25. The van der Waals surface area contributed by atoms with Crippen molar-refractivity contribution in [3.05, 3.63) is 18.0 Å². The smallest absolute Gasteiger partial charge is 0.0534 e. The van der Waals surface area contributed by atoms with Crippen molar-refractivity contribution in [1.82, 2.24) is 15.1 Å². The summed E-state index contributed by atoms with van der Waals surface area (Å²) in [6, 6.07) is 0.453. The van der Waals surface area contributed by atoms with Crippen molar-refractivity contribution in [3.8, 4) is 0 Å². The number of nitrogens with zero attached hydrogens (tertiary/aromatic N) is 2. The molecule has 1 aliphatic rings. The minimum atomic E-state index is 0.345. The molecule has 1 aromatic heterocycles. The lowest BCUT2D eigenvalue weighted by Crippen LogP contribution is -2.43. The average Bonchev–Trinajstić information content (AvgIpc) is 2.76. The van der Waals surface area contributed by atoms with Gasteiger partial charge in [0, 0.05) is 29.9 Å². The molecule has 0 radical (unpaired) electrons. The van der Waals surface area contributed by atoms with Crippen LogP contribution >= 0.6 is 0 Å². The topological polar surface area (TPSA) is 29.9 Å². The van der Waals surface area contributed by atoms with E-state index in [1.165, 1.54) is 37.7 Å². The van der Waals surface area contributed by atoms with Crippen LogP contribution in [0.4, 0.5) is 0 Å². The van der Waals surface area contributed by atoms with E-state index >= 15 is 0 Å². The number of rotatable bonds is 4. The Balaban J connectivity index is 1.88. The molecule has 0 spiro atoms. The Morgan fingerprint density at radius 3 is 2.65 bits per heavy atom. The normalized spacial score (nSPS) is 19.8. The Hall–Kier alpha value is -0.830. The van der Waals surface area contributed by atoms with E-state index in [4.69, 9.17) is 0 Å². The van der Waals surface area contributed by atoms with Crippen LogP contribution in [-0.4, -0.2) is 15.3 Å². The maximum absolute atomic E-state index is 4.38. The van der Waals surface area contributed by atoms with Gasteiger partial charge in [-0.05, 0) is 33.6 Å². The molecule has 0 atom stereocenters. The predicted molar refractivity (Wildman–Crippen MR) is 70.9 cm³/mol. The number of hydrogen-bond acceptors (Lipinski definition) is 2. The molecular weight excluding hydrogens is 210 g/mol. The highest BCUT2D eigenvalue weighted by atomic mass is 15.3. The zero-order valence-electron chi connectivity index (χ0n) is 11.4. The Morgan fingerprint density at radius 2 is 2.06 bits per heavy atom. The Morgan fingerprint density at radius 1 is 1.35 bits per heavy atom. The van der Waals surface area contributed by atoms with Crippen LogP contribution in [0.5, 0.6) is 0 Å². The highest BCUT2D eigenvalue weighted by Crippen LogP contribution is 2.27. The molecule has 96 valence electrons. The summed E-state index contributed by atoms with van der Waals surface area (Å²) >= 11 is 0. The van der Waals surface area contributed by atoms with E-state index < -0.39 is 0 Å². The third-order valence-electron chi connectivity index (χ3n) is 3.86. The lowest BCUT2D eigenvalue weighted by Gasteiger charge is -2.34. The van der Waals surface area contributed by atoms with Gasteiger partial charge in [0.2, 0.25) is 0 Å². The molecule has 1 heterocycles. The fraction of sp³-hybridized carbons (Fsp3) is 0.786. The Labute approximate surface area is 105 Å². The first kappa shape index (κ1) is 12.6. The maximum Gasteiger partial charge on any atom is 0.0534 e. The molecule has 0 saturated heterocycles. The highest BCUT2D eigenvalue weighted by molar-refractivity contribution is 5.05. The fourth-order valence-corrected chi connectivity index (χ4v) is 2.58. The second kappa shape index (κ2) is 5.21. The van der Waals surface area contributed by atoms with E-state index in [2.05, 4.69) is 37.4 Å². The van der Waals surface area contributed by atoms with Crippen molar-refractivity contribution in [3.63, 3.8) is 0 Å². The minimum Gasteiger partial charge on any atom is -0.307 e. The zero-order valence-corrected chi connectivity index (χ0v) is 11.4. The zero-order chi connectivity index (χ0) is 12.3. The van der Waals surface area contributed by atoms with Crippen molar-refractivity contribution in [2.24, 2.45) is 0 Å². The van der Waals surface area contributed by atoms with Crippen LogP contribution in [0.1, 0.15) is 64.5 Å². The van der Waals surface area contributed by atoms with E-state index in [0.29, 0.717) is 11.6 Å². The molecule has 1 saturated carbocycles. The van der Waals surface area contributed by atoms with Crippen LogP contribution in [0.2, 0.25) is 0 Å². The molecule has 3 heteroatoms. The predicted octanol–water partition coefficient (Wildman–Crippen LogP) is 3.28. The van der Waals surface area contributed by atoms with Crippen molar-refractivity contribution in [2.75, 3.05) is 0 Å². The van der Waals surface area contributed by atoms with Gasteiger partial charge in [-0.2, -0.15) is 5.10 Å². The molecule has 1 N–H and O–H groups in total. The van der Waals surface area contributed by atoms with Crippen LogP contribution < -0.4 is 5.32 Å². The monoisotopic (exact) mass is 235 g/mol. The quantitative estimate of drug-likeness (QED) is 0.868. The Kier molecular flexibility index (Phi) is 3.87. The molecule has 0 aliphatic heterocycles. The van der Waals surface area contributed by atoms with Gasteiger partial charge in [-0.3, -0.25) is 4.68 Å². The van der Waals surface area contributed by atoms with Crippen LogP contribution in [0, 0.1) is 0 Å². The van der Waals surface area contributed by atoms with E-state index in [-0.39, 0.29) is 0 Å². The number of aromatic nitrogens is 2. The van der Waals surface area contributed by atoms with Crippen molar-refractivity contribution in [2.45, 2.75) is 71.0 Å². The molecule has 1 fully saturated rings. The standard InChI is InChI=1S/C14H25N3/c1-12(2)17-11-13(10-16-17)9-15-14(3)7-5-4-6-8-14/h10-12,15H,4-9H2,1-3H3. The summed E-state index contributed by atoms with van der Waals surface area (Å²) in [5.74, 6) is 0.